The molecule has 0 saturated heterocycles. The molecule has 0 aromatic heterocycles. The fraction of sp³-hybridized carbons (Fsp3) is 0.500. The van der Waals surface area contributed by atoms with Crippen LogP contribution in [0.4, 0.5) is 10.1 Å². The molecule has 0 spiro atoms. The second-order valence-corrected chi connectivity index (χ2v) is 5.12. The summed E-state index contributed by atoms with van der Waals surface area (Å²) in [6, 6.07) is 4.17. The van der Waals surface area contributed by atoms with E-state index in [-0.39, 0.29) is 6.54 Å². The molecule has 0 aliphatic rings. The molecule has 3 N–H and O–H groups in total. The number of benzene rings is 1. The van der Waals surface area contributed by atoms with Crippen LogP contribution in [-0.2, 0) is 4.79 Å². The van der Waals surface area contributed by atoms with Gasteiger partial charge in [-0.25, -0.2) is 4.39 Å². The Bertz CT molecular complexity index is 447. The van der Waals surface area contributed by atoms with Crippen LogP contribution < -0.4 is 10.6 Å². The molecule has 4 nitrogen and oxygen atoms in total. The quantitative estimate of drug-likeness (QED) is 0.827. The van der Waals surface area contributed by atoms with Gasteiger partial charge < -0.3 is 15.7 Å². The van der Waals surface area contributed by atoms with Gasteiger partial charge in [0.25, 0.3) is 0 Å². The summed E-state index contributed by atoms with van der Waals surface area (Å²) in [7, 11) is 0. The lowest BCUT2D eigenvalue weighted by Gasteiger charge is -2.28. The van der Waals surface area contributed by atoms with Crippen molar-refractivity contribution in [3.05, 3.63) is 29.6 Å². The van der Waals surface area contributed by atoms with E-state index in [0.29, 0.717) is 23.7 Å². The van der Waals surface area contributed by atoms with Crippen LogP contribution in [0.3, 0.4) is 0 Å². The van der Waals surface area contributed by atoms with Crippen molar-refractivity contribution in [2.24, 2.45) is 11.7 Å². The van der Waals surface area contributed by atoms with E-state index >= 15 is 0 Å². The Morgan fingerprint density at radius 2 is 2.05 bits per heavy atom. The first-order valence-electron chi connectivity index (χ1n) is 6.32. The summed E-state index contributed by atoms with van der Waals surface area (Å²) in [6.07, 6.45) is -0.812. The average Bonchev–Trinajstić information content (AvgIpc) is 2.26. The van der Waals surface area contributed by atoms with Crippen LogP contribution >= 0.6 is 0 Å². The second kappa shape index (κ2) is 6.52. The first-order valence-corrected chi connectivity index (χ1v) is 6.32. The summed E-state index contributed by atoms with van der Waals surface area (Å²) >= 11 is 0. The summed E-state index contributed by atoms with van der Waals surface area (Å²) in [6.45, 7) is 6.24. The molecule has 19 heavy (non-hydrogen) atoms. The smallest absolute Gasteiger partial charge is 0.236 e. The van der Waals surface area contributed by atoms with Gasteiger partial charge in [0.2, 0.25) is 5.91 Å². The van der Waals surface area contributed by atoms with Gasteiger partial charge in [0.1, 0.15) is 5.82 Å². The number of hydrogen-bond donors (Lipinski definition) is 2. The Labute approximate surface area is 113 Å². The summed E-state index contributed by atoms with van der Waals surface area (Å²) < 4.78 is 13.3. The monoisotopic (exact) mass is 268 g/mol. The highest BCUT2D eigenvalue weighted by Gasteiger charge is 2.17. The normalized spacial score (nSPS) is 12.5. The number of carbonyl (C=O) groups is 1. The zero-order valence-corrected chi connectivity index (χ0v) is 11.6. The van der Waals surface area contributed by atoms with Crippen molar-refractivity contribution in [3.8, 4) is 0 Å². The van der Waals surface area contributed by atoms with Crippen molar-refractivity contribution in [2.75, 3.05) is 18.0 Å². The van der Waals surface area contributed by atoms with Crippen molar-refractivity contribution in [1.29, 1.82) is 0 Å². The van der Waals surface area contributed by atoms with E-state index in [1.165, 1.54) is 12.1 Å². The number of aliphatic hydroxyl groups is 1. The van der Waals surface area contributed by atoms with Gasteiger partial charge in [0, 0.05) is 17.8 Å². The van der Waals surface area contributed by atoms with Crippen molar-refractivity contribution in [3.63, 3.8) is 0 Å². The Hall–Kier alpha value is -1.62. The molecule has 0 aliphatic heterocycles. The van der Waals surface area contributed by atoms with Gasteiger partial charge in [-0.1, -0.05) is 13.8 Å². The number of rotatable bonds is 6. The lowest BCUT2D eigenvalue weighted by atomic mass is 10.1. The third kappa shape index (κ3) is 4.52. The van der Waals surface area contributed by atoms with Crippen molar-refractivity contribution >= 4 is 11.6 Å². The highest BCUT2D eigenvalue weighted by atomic mass is 19.1. The van der Waals surface area contributed by atoms with Gasteiger partial charge in [0.05, 0.1) is 12.6 Å². The highest BCUT2D eigenvalue weighted by Crippen LogP contribution is 2.27. The summed E-state index contributed by atoms with van der Waals surface area (Å²) in [5.74, 6) is -0.559. The van der Waals surface area contributed by atoms with E-state index in [4.69, 9.17) is 5.73 Å². The molecule has 0 unspecified atom stereocenters. The molecule has 1 aromatic carbocycles. The highest BCUT2D eigenvalue weighted by molar-refractivity contribution is 5.80. The number of aliphatic hydroxyl groups excluding tert-OH is 1. The van der Waals surface area contributed by atoms with Gasteiger partial charge in [0.15, 0.2) is 0 Å². The predicted molar refractivity (Wildman–Crippen MR) is 73.3 cm³/mol. The molecule has 0 radical (unpaired) electrons. The molecule has 0 fully saturated rings. The number of amides is 1. The zero-order valence-electron chi connectivity index (χ0n) is 11.6. The number of anilines is 1. The van der Waals surface area contributed by atoms with Crippen molar-refractivity contribution in [1.82, 2.24) is 0 Å². The molecule has 0 aliphatic carbocycles. The largest absolute Gasteiger partial charge is 0.389 e. The summed E-state index contributed by atoms with van der Waals surface area (Å²) in [5, 5.41) is 9.74. The van der Waals surface area contributed by atoms with E-state index in [0.717, 1.165) is 0 Å². The molecule has 0 heterocycles. The van der Waals surface area contributed by atoms with Crippen LogP contribution in [0.15, 0.2) is 18.2 Å². The van der Waals surface area contributed by atoms with E-state index in [9.17, 15) is 14.3 Å². The summed E-state index contributed by atoms with van der Waals surface area (Å²) in [5.41, 5.74) is 6.35. The number of nitrogens with two attached hydrogens (primary N) is 1. The van der Waals surface area contributed by atoms with Gasteiger partial charge in [-0.05, 0) is 31.0 Å². The molecule has 1 amide bonds. The molecular formula is C14H21FN2O2. The van der Waals surface area contributed by atoms with Crippen molar-refractivity contribution < 1.29 is 14.3 Å². The minimum atomic E-state index is -0.812. The fourth-order valence-corrected chi connectivity index (χ4v) is 2.02. The Morgan fingerprint density at radius 3 is 2.53 bits per heavy atom. The van der Waals surface area contributed by atoms with Crippen LogP contribution in [0.5, 0.6) is 0 Å². The van der Waals surface area contributed by atoms with Crippen LogP contribution in [0.2, 0.25) is 0 Å². The molecule has 106 valence electrons. The molecular weight excluding hydrogens is 247 g/mol. The number of halogens is 1. The molecule has 1 atom stereocenters. The molecule has 1 rings (SSSR count). The van der Waals surface area contributed by atoms with Gasteiger partial charge in [-0.2, -0.15) is 0 Å². The minimum Gasteiger partial charge on any atom is -0.389 e. The number of primary amides is 1. The average molecular weight is 268 g/mol. The minimum absolute atomic E-state index is 0.0452. The maximum absolute atomic E-state index is 13.3. The SMILES string of the molecule is CC(C)CN(CC(N)=O)c1ccc(F)cc1[C@@H](C)O. The molecule has 0 bridgehead atoms. The first kappa shape index (κ1) is 15.4. The maximum atomic E-state index is 13.3. The zero-order chi connectivity index (χ0) is 14.6. The number of nitrogens with zero attached hydrogens (tertiary/aromatic N) is 1. The van der Waals surface area contributed by atoms with Gasteiger partial charge in [-0.3, -0.25) is 4.79 Å². The Kier molecular flexibility index (Phi) is 5.30. The third-order valence-corrected chi connectivity index (χ3v) is 2.71. The first-order chi connectivity index (χ1) is 8.81. The van der Waals surface area contributed by atoms with Crippen LogP contribution in [0.25, 0.3) is 0 Å². The Balaban J connectivity index is 3.16. The fourth-order valence-electron chi connectivity index (χ4n) is 2.02. The van der Waals surface area contributed by atoms with Crippen molar-refractivity contribution in [2.45, 2.75) is 26.9 Å². The molecule has 1 aromatic rings. The maximum Gasteiger partial charge on any atom is 0.236 e. The van der Waals surface area contributed by atoms with Gasteiger partial charge in [-0.15, -0.1) is 0 Å². The van der Waals surface area contributed by atoms with E-state index in [1.807, 2.05) is 13.8 Å². The lowest BCUT2D eigenvalue weighted by molar-refractivity contribution is -0.116. The Morgan fingerprint density at radius 1 is 1.42 bits per heavy atom. The van der Waals surface area contributed by atoms with Crippen LogP contribution in [0.1, 0.15) is 32.4 Å². The van der Waals surface area contributed by atoms with E-state index < -0.39 is 17.8 Å². The van der Waals surface area contributed by atoms with Gasteiger partial charge >= 0.3 is 0 Å². The molecule has 5 heteroatoms. The predicted octanol–water partition coefficient (Wildman–Crippen LogP) is 1.83. The standard InChI is InChI=1S/C14H21FN2O2/c1-9(2)7-17(8-14(16)19)13-5-4-11(15)6-12(13)10(3)18/h4-6,9-10,18H,7-8H2,1-3H3,(H2,16,19)/t10-/m1/s1. The second-order valence-electron chi connectivity index (χ2n) is 5.12. The lowest BCUT2D eigenvalue weighted by Crippen LogP contribution is -2.37. The van der Waals surface area contributed by atoms with E-state index in [1.54, 1.807) is 17.9 Å². The third-order valence-electron chi connectivity index (χ3n) is 2.71. The summed E-state index contributed by atoms with van der Waals surface area (Å²) in [4.78, 5) is 12.9. The van der Waals surface area contributed by atoms with Crippen LogP contribution in [-0.4, -0.2) is 24.1 Å². The molecule has 0 saturated carbocycles. The van der Waals surface area contributed by atoms with Crippen LogP contribution in [0, 0.1) is 11.7 Å². The number of carbonyl (C=O) groups excluding carboxylic acids is 1. The number of hydrogen-bond acceptors (Lipinski definition) is 3. The topological polar surface area (TPSA) is 66.6 Å². The van der Waals surface area contributed by atoms with E-state index in [2.05, 4.69) is 0 Å².